The summed E-state index contributed by atoms with van der Waals surface area (Å²) in [7, 11) is 0. The molecule has 0 bridgehead atoms. The number of pyridine rings is 1. The molecule has 1 aromatic carbocycles. The quantitative estimate of drug-likeness (QED) is 0.855. The largest absolute Gasteiger partial charge is 0.484 e. The Labute approximate surface area is 136 Å². The maximum Gasteiger partial charge on any atom is 0.258 e. The van der Waals surface area contributed by atoms with Crippen molar-refractivity contribution >= 4 is 21.8 Å². The second kappa shape index (κ2) is 7.26. The zero-order valence-electron chi connectivity index (χ0n) is 12.4. The van der Waals surface area contributed by atoms with E-state index >= 15 is 0 Å². The fourth-order valence-corrected chi connectivity index (χ4v) is 2.28. The number of ether oxygens (including phenoxy) is 1. The standard InChI is InChI=1S/C16H17BrN2O3/c1-10-7-11(2)19-16(21)14(10)8-18-15(20)9-22-13-5-3-12(17)4-6-13/h3-7H,8-9H2,1-2H3,(H,18,20)(H,19,21). The predicted molar refractivity (Wildman–Crippen MR) is 88.0 cm³/mol. The van der Waals surface area contributed by atoms with Gasteiger partial charge in [-0.3, -0.25) is 9.59 Å². The molecule has 0 saturated heterocycles. The minimum Gasteiger partial charge on any atom is -0.484 e. The van der Waals surface area contributed by atoms with Crippen molar-refractivity contribution in [1.29, 1.82) is 0 Å². The molecule has 0 atom stereocenters. The van der Waals surface area contributed by atoms with Crippen LogP contribution < -0.4 is 15.6 Å². The average Bonchev–Trinajstić information content (AvgIpc) is 2.45. The number of hydrogen-bond donors (Lipinski definition) is 2. The summed E-state index contributed by atoms with van der Waals surface area (Å²) in [4.78, 5) is 26.4. The summed E-state index contributed by atoms with van der Waals surface area (Å²) in [6.07, 6.45) is 0. The van der Waals surface area contributed by atoms with Crippen LogP contribution in [0.4, 0.5) is 0 Å². The Kier molecular flexibility index (Phi) is 5.38. The second-order valence-corrected chi connectivity index (χ2v) is 5.88. The fraction of sp³-hybridized carbons (Fsp3) is 0.250. The van der Waals surface area contributed by atoms with E-state index in [0.29, 0.717) is 11.3 Å². The molecule has 1 amide bonds. The Morgan fingerprint density at radius 3 is 2.59 bits per heavy atom. The molecule has 2 aromatic rings. The number of aryl methyl sites for hydroxylation is 2. The lowest BCUT2D eigenvalue weighted by Crippen LogP contribution is -2.31. The molecule has 6 heteroatoms. The lowest BCUT2D eigenvalue weighted by atomic mass is 10.1. The number of hydrogen-bond acceptors (Lipinski definition) is 3. The molecule has 0 spiro atoms. The van der Waals surface area contributed by atoms with Crippen molar-refractivity contribution in [3.8, 4) is 5.75 Å². The van der Waals surface area contributed by atoms with Gasteiger partial charge in [0.25, 0.3) is 11.5 Å². The fourth-order valence-electron chi connectivity index (χ4n) is 2.02. The molecule has 0 radical (unpaired) electrons. The number of benzene rings is 1. The monoisotopic (exact) mass is 364 g/mol. The zero-order chi connectivity index (χ0) is 16.1. The van der Waals surface area contributed by atoms with Crippen molar-refractivity contribution in [3.63, 3.8) is 0 Å². The minimum absolute atomic E-state index is 0.0928. The maximum absolute atomic E-state index is 11.8. The average molecular weight is 365 g/mol. The molecular formula is C16H17BrN2O3. The van der Waals surface area contributed by atoms with Gasteiger partial charge >= 0.3 is 0 Å². The second-order valence-electron chi connectivity index (χ2n) is 4.96. The number of carbonyl (C=O) groups is 1. The lowest BCUT2D eigenvalue weighted by molar-refractivity contribution is -0.123. The van der Waals surface area contributed by atoms with Gasteiger partial charge in [-0.2, -0.15) is 0 Å². The van der Waals surface area contributed by atoms with Crippen LogP contribution in [-0.4, -0.2) is 17.5 Å². The number of halogens is 1. The molecule has 0 aliphatic heterocycles. The van der Waals surface area contributed by atoms with Crippen LogP contribution in [0.25, 0.3) is 0 Å². The molecule has 2 rings (SSSR count). The number of H-pyrrole nitrogens is 1. The number of amides is 1. The number of nitrogens with one attached hydrogen (secondary N) is 2. The van der Waals surface area contributed by atoms with E-state index in [1.165, 1.54) is 0 Å². The van der Waals surface area contributed by atoms with Gasteiger partial charge in [-0.25, -0.2) is 0 Å². The van der Waals surface area contributed by atoms with Gasteiger partial charge in [0.15, 0.2) is 6.61 Å². The number of carbonyl (C=O) groups excluding carboxylic acids is 1. The summed E-state index contributed by atoms with van der Waals surface area (Å²) in [6.45, 7) is 3.76. The van der Waals surface area contributed by atoms with Crippen LogP contribution in [0.5, 0.6) is 5.75 Å². The molecule has 0 fully saturated rings. The SMILES string of the molecule is Cc1cc(C)c(CNC(=O)COc2ccc(Br)cc2)c(=O)[nH]1. The smallest absolute Gasteiger partial charge is 0.258 e. The van der Waals surface area contributed by atoms with Crippen LogP contribution in [0.3, 0.4) is 0 Å². The van der Waals surface area contributed by atoms with Crippen LogP contribution in [0.15, 0.2) is 39.6 Å². The van der Waals surface area contributed by atoms with E-state index in [-0.39, 0.29) is 24.6 Å². The third-order valence-electron chi connectivity index (χ3n) is 3.14. The molecule has 116 valence electrons. The van der Waals surface area contributed by atoms with Crippen LogP contribution in [0.2, 0.25) is 0 Å². The lowest BCUT2D eigenvalue weighted by Gasteiger charge is -2.09. The Morgan fingerprint density at radius 2 is 1.95 bits per heavy atom. The maximum atomic E-state index is 11.8. The summed E-state index contributed by atoms with van der Waals surface area (Å²) < 4.78 is 6.31. The summed E-state index contributed by atoms with van der Waals surface area (Å²) in [5, 5.41) is 2.69. The number of aromatic nitrogens is 1. The van der Waals surface area contributed by atoms with E-state index in [9.17, 15) is 9.59 Å². The first-order valence-electron chi connectivity index (χ1n) is 6.80. The zero-order valence-corrected chi connectivity index (χ0v) is 14.0. The topological polar surface area (TPSA) is 71.2 Å². The van der Waals surface area contributed by atoms with E-state index in [2.05, 4.69) is 26.2 Å². The first kappa shape index (κ1) is 16.3. The van der Waals surface area contributed by atoms with Gasteiger partial charge in [0.2, 0.25) is 0 Å². The highest BCUT2D eigenvalue weighted by atomic mass is 79.9. The Balaban J connectivity index is 1.88. The Morgan fingerprint density at radius 1 is 1.27 bits per heavy atom. The summed E-state index contributed by atoms with van der Waals surface area (Å²) in [6, 6.07) is 9.09. The molecule has 0 aliphatic carbocycles. The predicted octanol–water partition coefficient (Wildman–Crippen LogP) is 2.45. The third-order valence-corrected chi connectivity index (χ3v) is 3.67. The van der Waals surface area contributed by atoms with Crippen molar-refractivity contribution in [1.82, 2.24) is 10.3 Å². The van der Waals surface area contributed by atoms with Gasteiger partial charge in [0.05, 0.1) is 0 Å². The van der Waals surface area contributed by atoms with Crippen LogP contribution in [0.1, 0.15) is 16.8 Å². The molecular weight excluding hydrogens is 348 g/mol. The Bertz CT molecular complexity index is 723. The molecule has 5 nitrogen and oxygen atoms in total. The van der Waals surface area contributed by atoms with Crippen molar-refractivity contribution < 1.29 is 9.53 Å². The first-order chi connectivity index (χ1) is 10.5. The molecule has 0 unspecified atom stereocenters. The van der Waals surface area contributed by atoms with Gasteiger partial charge in [0.1, 0.15) is 5.75 Å². The van der Waals surface area contributed by atoms with Gasteiger partial charge < -0.3 is 15.0 Å². The van der Waals surface area contributed by atoms with E-state index < -0.39 is 0 Å². The van der Waals surface area contributed by atoms with Gasteiger partial charge in [-0.05, 0) is 49.7 Å². The molecule has 1 aromatic heterocycles. The van der Waals surface area contributed by atoms with Crippen LogP contribution in [0, 0.1) is 13.8 Å². The highest BCUT2D eigenvalue weighted by molar-refractivity contribution is 9.10. The van der Waals surface area contributed by atoms with E-state index in [0.717, 1.165) is 15.7 Å². The summed E-state index contributed by atoms with van der Waals surface area (Å²) in [5.74, 6) is 0.338. The summed E-state index contributed by atoms with van der Waals surface area (Å²) in [5.41, 5.74) is 2.04. The van der Waals surface area contributed by atoms with Gasteiger partial charge in [-0.1, -0.05) is 15.9 Å². The first-order valence-corrected chi connectivity index (χ1v) is 7.59. The number of aromatic amines is 1. The Hall–Kier alpha value is -2.08. The van der Waals surface area contributed by atoms with E-state index in [4.69, 9.17) is 4.74 Å². The van der Waals surface area contributed by atoms with Gasteiger partial charge in [0, 0.05) is 22.3 Å². The van der Waals surface area contributed by atoms with Crippen molar-refractivity contribution in [2.24, 2.45) is 0 Å². The highest BCUT2D eigenvalue weighted by Crippen LogP contribution is 2.15. The number of rotatable bonds is 5. The van der Waals surface area contributed by atoms with E-state index in [1.54, 1.807) is 12.1 Å². The minimum atomic E-state index is -0.276. The van der Waals surface area contributed by atoms with Crippen molar-refractivity contribution in [2.75, 3.05) is 6.61 Å². The molecule has 1 heterocycles. The molecule has 2 N–H and O–H groups in total. The van der Waals surface area contributed by atoms with Crippen molar-refractivity contribution in [3.05, 3.63) is 62.0 Å². The van der Waals surface area contributed by atoms with Crippen LogP contribution in [-0.2, 0) is 11.3 Å². The van der Waals surface area contributed by atoms with Crippen LogP contribution >= 0.6 is 15.9 Å². The normalized spacial score (nSPS) is 10.3. The van der Waals surface area contributed by atoms with Crippen molar-refractivity contribution in [2.45, 2.75) is 20.4 Å². The molecule has 0 aliphatic rings. The van der Waals surface area contributed by atoms with E-state index in [1.807, 2.05) is 32.0 Å². The summed E-state index contributed by atoms with van der Waals surface area (Å²) >= 11 is 3.33. The third kappa shape index (κ3) is 4.46. The highest BCUT2D eigenvalue weighted by Gasteiger charge is 2.08. The van der Waals surface area contributed by atoms with Gasteiger partial charge in [-0.15, -0.1) is 0 Å². The molecule has 22 heavy (non-hydrogen) atoms. The molecule has 0 saturated carbocycles.